The van der Waals surface area contributed by atoms with E-state index in [1.54, 1.807) is 56.7 Å². The van der Waals surface area contributed by atoms with Crippen LogP contribution in [0.25, 0.3) is 10.4 Å². The van der Waals surface area contributed by atoms with Crippen molar-refractivity contribution in [3.63, 3.8) is 0 Å². The van der Waals surface area contributed by atoms with Crippen LogP contribution in [0, 0.1) is 0 Å². The molecule has 1 aliphatic heterocycles. The molecule has 0 saturated carbocycles. The summed E-state index contributed by atoms with van der Waals surface area (Å²) in [6.07, 6.45) is 1.24. The third-order valence-electron chi connectivity index (χ3n) is 6.69. The lowest BCUT2D eigenvalue weighted by molar-refractivity contribution is -0.127. The van der Waals surface area contributed by atoms with Crippen molar-refractivity contribution in [2.75, 3.05) is 40.6 Å². The third-order valence-corrected chi connectivity index (χ3v) is 6.69. The van der Waals surface area contributed by atoms with Gasteiger partial charge in [0.2, 0.25) is 5.90 Å². The number of methoxy groups -OCH3 is 2. The van der Waals surface area contributed by atoms with Gasteiger partial charge in [-0.25, -0.2) is 10.4 Å². The lowest BCUT2D eigenvalue weighted by Crippen LogP contribution is -2.53. The molecule has 3 aromatic rings. The van der Waals surface area contributed by atoms with Crippen molar-refractivity contribution < 1.29 is 28.8 Å². The van der Waals surface area contributed by atoms with Crippen LogP contribution in [0.15, 0.2) is 76.8 Å². The van der Waals surface area contributed by atoms with E-state index in [4.69, 9.17) is 34.6 Å². The van der Waals surface area contributed by atoms with Crippen molar-refractivity contribution in [1.29, 1.82) is 0 Å². The minimum atomic E-state index is -1.33. The molecule has 220 valence electrons. The van der Waals surface area contributed by atoms with Gasteiger partial charge in [-0.05, 0) is 65.5 Å². The molecular formula is C30H34N6O6. The minimum Gasteiger partial charge on any atom is -0.497 e. The van der Waals surface area contributed by atoms with Crippen LogP contribution in [-0.4, -0.2) is 63.0 Å². The Morgan fingerprint density at radius 2 is 1.88 bits per heavy atom. The maximum absolute atomic E-state index is 13.7. The Bertz CT molecular complexity index is 1440. The van der Waals surface area contributed by atoms with Gasteiger partial charge in [0.1, 0.15) is 23.9 Å². The van der Waals surface area contributed by atoms with Gasteiger partial charge in [-0.2, -0.15) is 0 Å². The normalized spacial score (nSPS) is 15.6. The number of carbonyl (C=O) groups excluding carboxylic acids is 1. The molecule has 1 heterocycles. The van der Waals surface area contributed by atoms with Crippen LogP contribution in [-0.2, 0) is 22.4 Å². The quantitative estimate of drug-likeness (QED) is 0.0812. The van der Waals surface area contributed by atoms with E-state index in [2.05, 4.69) is 20.9 Å². The Kier molecular flexibility index (Phi) is 10.6. The first kappa shape index (κ1) is 30.2. The summed E-state index contributed by atoms with van der Waals surface area (Å²) in [5, 5.41) is 12.7. The highest BCUT2D eigenvalue weighted by Crippen LogP contribution is 2.31. The van der Waals surface area contributed by atoms with Crippen LogP contribution in [0.3, 0.4) is 0 Å². The van der Waals surface area contributed by atoms with Gasteiger partial charge >= 0.3 is 0 Å². The van der Waals surface area contributed by atoms with Crippen LogP contribution in [0.2, 0.25) is 0 Å². The van der Waals surface area contributed by atoms with Crippen molar-refractivity contribution in [3.8, 4) is 17.2 Å². The molecule has 3 aromatic carbocycles. The van der Waals surface area contributed by atoms with Crippen LogP contribution < -0.4 is 25.1 Å². The molecule has 1 amide bonds. The van der Waals surface area contributed by atoms with Gasteiger partial charge in [0.25, 0.3) is 5.91 Å². The van der Waals surface area contributed by atoms with Gasteiger partial charge in [-0.3, -0.25) is 10.2 Å². The van der Waals surface area contributed by atoms with Gasteiger partial charge in [-0.1, -0.05) is 29.4 Å². The number of nitrogens with zero attached hydrogens (tertiary/aromatic N) is 4. The first-order valence-corrected chi connectivity index (χ1v) is 13.5. The average Bonchev–Trinajstić information content (AvgIpc) is 3.46. The number of azide groups is 1. The molecule has 1 atom stereocenters. The Labute approximate surface area is 243 Å². The van der Waals surface area contributed by atoms with E-state index in [1.165, 1.54) is 0 Å². The molecule has 12 nitrogen and oxygen atoms in total. The number of aliphatic hydroxyl groups excluding tert-OH is 1. The highest BCUT2D eigenvalue weighted by atomic mass is 16.5. The fourth-order valence-electron chi connectivity index (χ4n) is 4.48. The second-order valence-corrected chi connectivity index (χ2v) is 9.49. The van der Waals surface area contributed by atoms with Crippen molar-refractivity contribution >= 4 is 17.5 Å². The molecule has 0 radical (unpaired) electrons. The largest absolute Gasteiger partial charge is 0.497 e. The molecule has 4 rings (SSSR count). The molecule has 0 spiro atoms. The lowest BCUT2D eigenvalue weighted by Gasteiger charge is -2.24. The third kappa shape index (κ3) is 7.49. The molecular weight excluding hydrogens is 540 g/mol. The van der Waals surface area contributed by atoms with Crippen LogP contribution in [0.4, 0.5) is 5.69 Å². The fraction of sp³-hybridized carbons (Fsp3) is 0.333. The average molecular weight is 575 g/mol. The zero-order valence-corrected chi connectivity index (χ0v) is 23.6. The highest BCUT2D eigenvalue weighted by molar-refractivity contribution is 6.00. The van der Waals surface area contributed by atoms with E-state index in [-0.39, 0.29) is 19.6 Å². The number of hydrogen-bond donors (Lipinski definition) is 3. The van der Waals surface area contributed by atoms with Gasteiger partial charge in [-0.15, -0.1) is 0 Å². The highest BCUT2D eigenvalue weighted by Gasteiger charge is 2.45. The number of carbonyl (C=O) groups is 1. The fourth-order valence-corrected chi connectivity index (χ4v) is 4.48. The number of rotatable bonds is 15. The molecule has 3 N–H and O–H groups in total. The number of aliphatic hydroxyl groups is 1. The molecule has 0 unspecified atom stereocenters. The molecule has 0 aliphatic carbocycles. The molecule has 0 fully saturated rings. The summed E-state index contributed by atoms with van der Waals surface area (Å²) in [5.74, 6) is 2.00. The predicted octanol–water partition coefficient (Wildman–Crippen LogP) is 4.03. The second-order valence-electron chi connectivity index (χ2n) is 9.49. The van der Waals surface area contributed by atoms with Gasteiger partial charge in [0.15, 0.2) is 5.54 Å². The van der Waals surface area contributed by atoms with E-state index in [0.717, 1.165) is 11.3 Å². The SMILES string of the molecule is COc1ccc(OC)c(CCNNC(=O)[C@]2(Cc3ccccc3N=[N+]=[N-])COC(c3ccc(OCCCO)cc3)=N2)c1. The number of ether oxygens (including phenoxy) is 4. The van der Waals surface area contributed by atoms with Gasteiger partial charge < -0.3 is 24.1 Å². The molecule has 0 saturated heterocycles. The standard InChI is InChI=1S/C30H34N6O6/c1-39-25-12-13-27(40-2)22(18-25)14-15-32-35-29(38)30(19-23-6-3-4-7-26(23)34-36-31)20-42-28(33-30)21-8-10-24(11-9-21)41-17-5-16-37/h3-4,6-13,18,32,37H,5,14-17,19-20H2,1-2H3,(H,35,38)/t30-/m0/s1. The molecule has 42 heavy (non-hydrogen) atoms. The maximum atomic E-state index is 13.7. The molecule has 0 bridgehead atoms. The van der Waals surface area contributed by atoms with Crippen molar-refractivity contribution in [2.24, 2.45) is 10.1 Å². The van der Waals surface area contributed by atoms with E-state index < -0.39 is 11.4 Å². The summed E-state index contributed by atoms with van der Waals surface area (Å²) < 4.78 is 22.3. The summed E-state index contributed by atoms with van der Waals surface area (Å²) in [6, 6.07) is 19.8. The number of benzene rings is 3. The Morgan fingerprint density at radius 1 is 1.10 bits per heavy atom. The monoisotopic (exact) mass is 574 g/mol. The first-order valence-electron chi connectivity index (χ1n) is 13.5. The maximum Gasteiger partial charge on any atom is 0.266 e. The summed E-state index contributed by atoms with van der Waals surface area (Å²) in [4.78, 5) is 21.4. The Morgan fingerprint density at radius 3 is 2.62 bits per heavy atom. The molecule has 12 heteroatoms. The predicted molar refractivity (Wildman–Crippen MR) is 157 cm³/mol. The minimum absolute atomic E-state index is 0.0150. The summed E-state index contributed by atoms with van der Waals surface area (Å²) >= 11 is 0. The Hall–Kier alpha value is -4.77. The summed E-state index contributed by atoms with van der Waals surface area (Å²) in [5.41, 5.74) is 16.2. The number of hydrogen-bond acceptors (Lipinski definition) is 9. The van der Waals surface area contributed by atoms with Crippen molar-refractivity contribution in [1.82, 2.24) is 10.9 Å². The zero-order chi connectivity index (χ0) is 29.8. The van der Waals surface area contributed by atoms with Crippen molar-refractivity contribution in [2.45, 2.75) is 24.8 Å². The first-order chi connectivity index (χ1) is 20.5. The smallest absolute Gasteiger partial charge is 0.266 e. The number of hydrazine groups is 1. The topological polar surface area (TPSA) is 159 Å². The van der Waals surface area contributed by atoms with E-state index in [1.807, 2.05) is 24.3 Å². The van der Waals surface area contributed by atoms with Crippen LogP contribution in [0.5, 0.6) is 17.2 Å². The number of nitrogens with one attached hydrogen (secondary N) is 2. The van der Waals surface area contributed by atoms with Crippen LogP contribution in [0.1, 0.15) is 23.1 Å². The van der Waals surface area contributed by atoms with E-state index >= 15 is 0 Å². The van der Waals surface area contributed by atoms with Gasteiger partial charge in [0.05, 0.1) is 20.8 Å². The van der Waals surface area contributed by atoms with Crippen molar-refractivity contribution in [3.05, 3.63) is 93.9 Å². The molecule has 0 aromatic heterocycles. The van der Waals surface area contributed by atoms with E-state index in [9.17, 15) is 4.79 Å². The number of amides is 1. The van der Waals surface area contributed by atoms with Crippen LogP contribution >= 0.6 is 0 Å². The van der Waals surface area contributed by atoms with Gasteiger partial charge in [0, 0.05) is 42.2 Å². The lowest BCUT2D eigenvalue weighted by atomic mass is 9.91. The van der Waals surface area contributed by atoms with E-state index in [0.29, 0.717) is 60.2 Å². The number of aliphatic imine (C=N–C) groups is 1. The summed E-state index contributed by atoms with van der Waals surface area (Å²) in [6.45, 7) is 0.854. The zero-order valence-electron chi connectivity index (χ0n) is 23.6. The second kappa shape index (κ2) is 14.7. The Balaban J connectivity index is 1.52. The summed E-state index contributed by atoms with van der Waals surface area (Å²) in [7, 11) is 3.20. The molecule has 1 aliphatic rings.